The second-order valence-corrected chi connectivity index (χ2v) is 3.16. The summed E-state index contributed by atoms with van der Waals surface area (Å²) in [5.41, 5.74) is 0. The van der Waals surface area contributed by atoms with E-state index in [1.54, 1.807) is 0 Å². The Kier molecular flexibility index (Phi) is 12.2. The standard InChI is InChI=1S/C10H18O5/c11-8-6-4-2-1-3-5-7-9-13-15-14-10-12/h8,10H,1-7,9H2. The monoisotopic (exact) mass is 218 g/mol. The van der Waals surface area contributed by atoms with Crippen molar-refractivity contribution in [1.82, 2.24) is 0 Å². The lowest BCUT2D eigenvalue weighted by Gasteiger charge is -2.00. The van der Waals surface area contributed by atoms with Gasteiger partial charge in [0.1, 0.15) is 6.29 Å². The fraction of sp³-hybridized carbons (Fsp3) is 0.800. The molecule has 0 amide bonds. The molecule has 0 fully saturated rings. The van der Waals surface area contributed by atoms with E-state index in [1.165, 1.54) is 0 Å². The van der Waals surface area contributed by atoms with Gasteiger partial charge in [-0.25, -0.2) is 0 Å². The zero-order chi connectivity index (χ0) is 11.2. The third kappa shape index (κ3) is 13.1. The van der Waals surface area contributed by atoms with E-state index >= 15 is 0 Å². The van der Waals surface area contributed by atoms with E-state index in [2.05, 4.69) is 14.8 Å². The van der Waals surface area contributed by atoms with Crippen LogP contribution < -0.4 is 0 Å². The van der Waals surface area contributed by atoms with Crippen LogP contribution in [0.2, 0.25) is 0 Å². The van der Waals surface area contributed by atoms with Gasteiger partial charge in [0, 0.05) is 6.42 Å². The average Bonchev–Trinajstić information content (AvgIpc) is 2.26. The summed E-state index contributed by atoms with van der Waals surface area (Å²) in [5.74, 6) is 0. The summed E-state index contributed by atoms with van der Waals surface area (Å²) in [4.78, 5) is 28.0. The molecule has 0 atom stereocenters. The topological polar surface area (TPSA) is 61.8 Å². The van der Waals surface area contributed by atoms with Gasteiger partial charge in [-0.2, -0.15) is 4.89 Å². The first-order valence-electron chi connectivity index (χ1n) is 5.24. The second kappa shape index (κ2) is 13.1. The van der Waals surface area contributed by atoms with E-state index in [9.17, 15) is 9.59 Å². The van der Waals surface area contributed by atoms with E-state index in [0.29, 0.717) is 13.0 Å². The predicted molar refractivity (Wildman–Crippen MR) is 52.6 cm³/mol. The third-order valence-corrected chi connectivity index (χ3v) is 1.93. The van der Waals surface area contributed by atoms with Crippen LogP contribution in [0.15, 0.2) is 0 Å². The van der Waals surface area contributed by atoms with Crippen LogP contribution in [-0.4, -0.2) is 19.4 Å². The number of aldehydes is 1. The smallest absolute Gasteiger partial charge is 0.303 e. The molecular weight excluding hydrogens is 200 g/mol. The van der Waals surface area contributed by atoms with Gasteiger partial charge in [-0.3, -0.25) is 9.68 Å². The third-order valence-electron chi connectivity index (χ3n) is 1.93. The lowest BCUT2D eigenvalue weighted by atomic mass is 10.1. The van der Waals surface area contributed by atoms with Crippen molar-refractivity contribution < 1.29 is 24.4 Å². The molecule has 15 heavy (non-hydrogen) atoms. The quantitative estimate of drug-likeness (QED) is 0.217. The number of carbonyl (C=O) groups excluding carboxylic acids is 2. The van der Waals surface area contributed by atoms with Gasteiger partial charge in [0.05, 0.1) is 6.61 Å². The number of hydrogen-bond donors (Lipinski definition) is 0. The van der Waals surface area contributed by atoms with Crippen LogP contribution in [0, 0.1) is 0 Å². The Hall–Kier alpha value is -0.940. The van der Waals surface area contributed by atoms with E-state index in [-0.39, 0.29) is 6.47 Å². The van der Waals surface area contributed by atoms with Crippen molar-refractivity contribution in [3.8, 4) is 0 Å². The van der Waals surface area contributed by atoms with Crippen LogP contribution >= 0.6 is 0 Å². The van der Waals surface area contributed by atoms with Crippen molar-refractivity contribution in [2.75, 3.05) is 6.61 Å². The molecule has 0 aliphatic heterocycles. The van der Waals surface area contributed by atoms with Gasteiger partial charge in [0.15, 0.2) is 0 Å². The highest BCUT2D eigenvalue weighted by Crippen LogP contribution is 2.06. The Morgan fingerprint density at radius 3 is 2.20 bits per heavy atom. The van der Waals surface area contributed by atoms with Crippen molar-refractivity contribution in [2.24, 2.45) is 0 Å². The molecule has 0 heterocycles. The summed E-state index contributed by atoms with van der Waals surface area (Å²) >= 11 is 0. The molecule has 5 nitrogen and oxygen atoms in total. The van der Waals surface area contributed by atoms with Gasteiger partial charge in [-0.05, 0) is 17.9 Å². The highest BCUT2D eigenvalue weighted by atomic mass is 17.5. The molecule has 0 aromatic heterocycles. The molecule has 0 radical (unpaired) electrons. The lowest BCUT2D eigenvalue weighted by Crippen LogP contribution is -1.97. The first-order chi connectivity index (χ1) is 7.41. The summed E-state index contributed by atoms with van der Waals surface area (Å²) in [6, 6.07) is 0. The van der Waals surface area contributed by atoms with Crippen LogP contribution in [0.25, 0.3) is 0 Å². The first kappa shape index (κ1) is 14.1. The van der Waals surface area contributed by atoms with Crippen molar-refractivity contribution in [1.29, 1.82) is 0 Å². The van der Waals surface area contributed by atoms with Gasteiger partial charge in [0.2, 0.25) is 0 Å². The number of carbonyl (C=O) groups is 2. The molecule has 88 valence electrons. The van der Waals surface area contributed by atoms with Gasteiger partial charge in [-0.1, -0.05) is 25.7 Å². The van der Waals surface area contributed by atoms with Crippen molar-refractivity contribution in [3.63, 3.8) is 0 Å². The number of hydrogen-bond acceptors (Lipinski definition) is 5. The molecule has 5 heteroatoms. The lowest BCUT2D eigenvalue weighted by molar-refractivity contribution is -0.481. The molecule has 0 rings (SSSR count). The van der Waals surface area contributed by atoms with Crippen LogP contribution in [0.5, 0.6) is 0 Å². The molecular formula is C10H18O5. The summed E-state index contributed by atoms with van der Waals surface area (Å²) < 4.78 is 0. The summed E-state index contributed by atoms with van der Waals surface area (Å²) in [6.07, 6.45) is 7.89. The van der Waals surface area contributed by atoms with E-state index in [4.69, 9.17) is 0 Å². The fourth-order valence-electron chi connectivity index (χ4n) is 1.17. The van der Waals surface area contributed by atoms with Crippen LogP contribution in [0.1, 0.15) is 44.9 Å². The highest BCUT2D eigenvalue weighted by molar-refractivity contribution is 5.48. The van der Waals surface area contributed by atoms with Crippen LogP contribution in [0.3, 0.4) is 0 Å². The van der Waals surface area contributed by atoms with Crippen molar-refractivity contribution in [2.45, 2.75) is 44.9 Å². The molecule has 0 aromatic carbocycles. The Balaban J connectivity index is 2.86. The first-order valence-corrected chi connectivity index (χ1v) is 5.24. The molecule has 0 unspecified atom stereocenters. The summed E-state index contributed by atoms with van der Waals surface area (Å²) in [7, 11) is 0. The number of rotatable bonds is 12. The molecule has 0 saturated heterocycles. The van der Waals surface area contributed by atoms with Gasteiger partial charge >= 0.3 is 6.47 Å². The highest BCUT2D eigenvalue weighted by Gasteiger charge is 1.92. The largest absolute Gasteiger partial charge is 0.334 e. The normalized spacial score (nSPS) is 9.87. The maximum absolute atomic E-state index is 10.00. The SMILES string of the molecule is O=CCCCCCCCCOOOC=O. The molecule has 0 bridgehead atoms. The van der Waals surface area contributed by atoms with Crippen molar-refractivity contribution >= 4 is 12.8 Å². The van der Waals surface area contributed by atoms with E-state index in [1.807, 2.05) is 0 Å². The van der Waals surface area contributed by atoms with Crippen LogP contribution in [-0.2, 0) is 24.4 Å². The van der Waals surface area contributed by atoms with E-state index in [0.717, 1.165) is 44.8 Å². The van der Waals surface area contributed by atoms with Gasteiger partial charge < -0.3 is 4.79 Å². The predicted octanol–water partition coefficient (Wildman–Crippen LogP) is 1.95. The molecule has 0 aliphatic carbocycles. The minimum Gasteiger partial charge on any atom is -0.303 e. The maximum Gasteiger partial charge on any atom is 0.334 e. The Labute approximate surface area is 89.5 Å². The molecule has 0 N–H and O–H groups in total. The summed E-state index contributed by atoms with van der Waals surface area (Å²) in [5, 5.41) is 4.04. The van der Waals surface area contributed by atoms with E-state index < -0.39 is 0 Å². The molecule has 0 aliphatic rings. The van der Waals surface area contributed by atoms with Gasteiger partial charge in [0.25, 0.3) is 0 Å². The maximum atomic E-state index is 10.00. The minimum absolute atomic E-state index is 0.160. The second-order valence-electron chi connectivity index (χ2n) is 3.16. The van der Waals surface area contributed by atoms with Gasteiger partial charge in [-0.15, -0.1) is 0 Å². The molecule has 0 spiro atoms. The molecule has 0 aromatic rings. The number of unbranched alkanes of at least 4 members (excludes halogenated alkanes) is 6. The zero-order valence-corrected chi connectivity index (χ0v) is 8.85. The fourth-order valence-corrected chi connectivity index (χ4v) is 1.17. The minimum atomic E-state index is 0.160. The van der Waals surface area contributed by atoms with Crippen LogP contribution in [0.4, 0.5) is 0 Å². The molecule has 0 saturated carbocycles. The Morgan fingerprint density at radius 1 is 0.867 bits per heavy atom. The summed E-state index contributed by atoms with van der Waals surface area (Å²) in [6.45, 7) is 0.579. The zero-order valence-electron chi connectivity index (χ0n) is 8.85. The van der Waals surface area contributed by atoms with Crippen molar-refractivity contribution in [3.05, 3.63) is 0 Å². The average molecular weight is 218 g/mol. The Morgan fingerprint density at radius 2 is 1.53 bits per heavy atom. The Bertz CT molecular complexity index is 133.